The van der Waals surface area contributed by atoms with Crippen molar-refractivity contribution in [2.45, 2.75) is 83.0 Å². The maximum absolute atomic E-state index is 9.00. The van der Waals surface area contributed by atoms with Gasteiger partial charge in [0, 0.05) is 0 Å². The Kier molecular flexibility index (Phi) is 6.56. The van der Waals surface area contributed by atoms with E-state index in [2.05, 4.69) is 30.9 Å². The molecule has 3 aliphatic rings. The topological polar surface area (TPSA) is 23.8 Å². The molecule has 0 aliphatic heterocycles. The van der Waals surface area contributed by atoms with Crippen LogP contribution in [-0.4, -0.2) is 0 Å². The van der Waals surface area contributed by atoms with Gasteiger partial charge < -0.3 is 0 Å². The standard InChI is InChI=1S/C27H37N/c1-2-3-4-20-5-10-27-18-26(16-15-25(27)17-20)24-13-11-23(12-14-24)22-8-6-21(19-28)7-9-22/h2,6-9,20,23-27H,1,3-5,10-18H2. The second-order valence-electron chi connectivity index (χ2n) is 9.98. The maximum atomic E-state index is 9.00. The minimum absolute atomic E-state index is 0.723. The third kappa shape index (κ3) is 4.53. The van der Waals surface area contributed by atoms with E-state index in [1.54, 1.807) is 0 Å². The number of nitrogens with zero attached hydrogens (tertiary/aromatic N) is 1. The number of benzene rings is 1. The van der Waals surface area contributed by atoms with E-state index in [4.69, 9.17) is 5.26 Å². The molecule has 0 amide bonds. The van der Waals surface area contributed by atoms with Crippen LogP contribution < -0.4 is 0 Å². The minimum Gasteiger partial charge on any atom is -0.192 e. The van der Waals surface area contributed by atoms with Crippen molar-refractivity contribution >= 4 is 0 Å². The summed E-state index contributed by atoms with van der Waals surface area (Å²) >= 11 is 0. The summed E-state index contributed by atoms with van der Waals surface area (Å²) in [5, 5.41) is 9.00. The Morgan fingerprint density at radius 1 is 0.821 bits per heavy atom. The molecule has 0 aromatic heterocycles. The van der Waals surface area contributed by atoms with E-state index in [1.807, 2.05) is 12.1 Å². The molecule has 4 unspecified atom stereocenters. The van der Waals surface area contributed by atoms with Crippen molar-refractivity contribution in [1.82, 2.24) is 0 Å². The average molecular weight is 376 g/mol. The van der Waals surface area contributed by atoms with Crippen LogP contribution in [0.2, 0.25) is 0 Å². The van der Waals surface area contributed by atoms with Crippen molar-refractivity contribution in [2.24, 2.45) is 29.6 Å². The highest BCUT2D eigenvalue weighted by Crippen LogP contribution is 2.50. The molecule has 0 spiro atoms. The first-order valence-electron chi connectivity index (χ1n) is 11.9. The van der Waals surface area contributed by atoms with Gasteiger partial charge >= 0.3 is 0 Å². The van der Waals surface area contributed by atoms with Crippen LogP contribution in [0, 0.1) is 40.9 Å². The highest BCUT2D eigenvalue weighted by atomic mass is 14.4. The predicted octanol–water partition coefficient (Wildman–Crippen LogP) is 7.63. The van der Waals surface area contributed by atoms with Crippen molar-refractivity contribution in [3.63, 3.8) is 0 Å². The molecule has 1 nitrogen and oxygen atoms in total. The van der Waals surface area contributed by atoms with E-state index < -0.39 is 0 Å². The summed E-state index contributed by atoms with van der Waals surface area (Å²) in [5.41, 5.74) is 2.24. The molecule has 0 radical (unpaired) electrons. The number of allylic oxidation sites excluding steroid dienone is 1. The molecule has 28 heavy (non-hydrogen) atoms. The fourth-order valence-corrected chi connectivity index (χ4v) is 6.82. The Morgan fingerprint density at radius 3 is 2.11 bits per heavy atom. The summed E-state index contributed by atoms with van der Waals surface area (Å²) in [4.78, 5) is 0. The summed E-state index contributed by atoms with van der Waals surface area (Å²) in [6.07, 6.45) is 19.3. The predicted molar refractivity (Wildman–Crippen MR) is 117 cm³/mol. The van der Waals surface area contributed by atoms with Gasteiger partial charge in [-0.15, -0.1) is 6.58 Å². The summed E-state index contributed by atoms with van der Waals surface area (Å²) in [6, 6.07) is 10.6. The van der Waals surface area contributed by atoms with Crippen LogP contribution in [0.1, 0.15) is 94.1 Å². The van der Waals surface area contributed by atoms with Crippen LogP contribution in [0.15, 0.2) is 36.9 Å². The van der Waals surface area contributed by atoms with Gasteiger partial charge in [-0.25, -0.2) is 0 Å². The number of nitriles is 1. The van der Waals surface area contributed by atoms with E-state index in [0.29, 0.717) is 0 Å². The second-order valence-corrected chi connectivity index (χ2v) is 9.98. The van der Waals surface area contributed by atoms with Gasteiger partial charge in [0.15, 0.2) is 0 Å². The smallest absolute Gasteiger partial charge is 0.0991 e. The van der Waals surface area contributed by atoms with E-state index in [0.717, 1.165) is 41.1 Å². The number of hydrogen-bond donors (Lipinski definition) is 0. The third-order valence-electron chi connectivity index (χ3n) is 8.49. The van der Waals surface area contributed by atoms with Crippen molar-refractivity contribution in [2.75, 3.05) is 0 Å². The number of rotatable bonds is 5. The molecule has 0 bridgehead atoms. The Balaban J connectivity index is 1.26. The van der Waals surface area contributed by atoms with Crippen LogP contribution >= 0.6 is 0 Å². The molecule has 4 rings (SSSR count). The lowest BCUT2D eigenvalue weighted by Gasteiger charge is -2.45. The molecule has 3 fully saturated rings. The first-order chi connectivity index (χ1) is 13.8. The fourth-order valence-electron chi connectivity index (χ4n) is 6.82. The van der Waals surface area contributed by atoms with Crippen LogP contribution in [0.3, 0.4) is 0 Å². The molecular weight excluding hydrogens is 338 g/mol. The van der Waals surface area contributed by atoms with Crippen molar-refractivity contribution < 1.29 is 0 Å². The zero-order chi connectivity index (χ0) is 19.3. The molecule has 0 heterocycles. The maximum Gasteiger partial charge on any atom is 0.0991 e. The molecule has 0 N–H and O–H groups in total. The van der Waals surface area contributed by atoms with E-state index in [-0.39, 0.29) is 0 Å². The molecule has 3 saturated carbocycles. The van der Waals surface area contributed by atoms with E-state index >= 15 is 0 Å². The van der Waals surface area contributed by atoms with E-state index in [1.165, 1.54) is 82.6 Å². The lowest BCUT2D eigenvalue weighted by molar-refractivity contribution is 0.0621. The molecule has 150 valence electrons. The van der Waals surface area contributed by atoms with Gasteiger partial charge in [-0.1, -0.05) is 24.6 Å². The molecule has 1 aromatic rings. The molecule has 4 atom stereocenters. The van der Waals surface area contributed by atoms with Crippen molar-refractivity contribution in [3.8, 4) is 6.07 Å². The van der Waals surface area contributed by atoms with Crippen LogP contribution in [-0.2, 0) is 0 Å². The quantitative estimate of drug-likeness (QED) is 0.485. The second kappa shape index (κ2) is 9.30. The van der Waals surface area contributed by atoms with Crippen LogP contribution in [0.25, 0.3) is 0 Å². The van der Waals surface area contributed by atoms with Gasteiger partial charge in [-0.2, -0.15) is 5.26 Å². The lowest BCUT2D eigenvalue weighted by atomic mass is 9.60. The van der Waals surface area contributed by atoms with Gasteiger partial charge in [0.25, 0.3) is 0 Å². The minimum atomic E-state index is 0.723. The van der Waals surface area contributed by atoms with Crippen LogP contribution in [0.5, 0.6) is 0 Å². The summed E-state index contributed by atoms with van der Waals surface area (Å²) in [7, 11) is 0. The van der Waals surface area contributed by atoms with Gasteiger partial charge in [-0.3, -0.25) is 0 Å². The van der Waals surface area contributed by atoms with Crippen LogP contribution in [0.4, 0.5) is 0 Å². The Bertz CT molecular complexity index is 673. The Labute approximate surface area is 172 Å². The normalized spacial score (nSPS) is 35.5. The number of hydrogen-bond acceptors (Lipinski definition) is 1. The largest absolute Gasteiger partial charge is 0.192 e. The monoisotopic (exact) mass is 375 g/mol. The highest BCUT2D eigenvalue weighted by molar-refractivity contribution is 5.33. The van der Waals surface area contributed by atoms with Crippen molar-refractivity contribution in [1.29, 1.82) is 5.26 Å². The lowest BCUT2D eigenvalue weighted by Crippen LogP contribution is -2.34. The van der Waals surface area contributed by atoms with E-state index in [9.17, 15) is 0 Å². The molecule has 0 saturated heterocycles. The third-order valence-corrected chi connectivity index (χ3v) is 8.49. The summed E-state index contributed by atoms with van der Waals surface area (Å²) in [5.74, 6) is 5.77. The first kappa shape index (κ1) is 19.8. The zero-order valence-corrected chi connectivity index (χ0v) is 17.5. The van der Waals surface area contributed by atoms with Gasteiger partial charge in [-0.05, 0) is 124 Å². The van der Waals surface area contributed by atoms with Gasteiger partial charge in [0.05, 0.1) is 11.6 Å². The van der Waals surface area contributed by atoms with Crippen molar-refractivity contribution in [3.05, 3.63) is 48.0 Å². The first-order valence-corrected chi connectivity index (χ1v) is 11.9. The van der Waals surface area contributed by atoms with Gasteiger partial charge in [0.1, 0.15) is 0 Å². The summed E-state index contributed by atoms with van der Waals surface area (Å²) < 4.78 is 0. The molecule has 3 aliphatic carbocycles. The Morgan fingerprint density at radius 2 is 1.43 bits per heavy atom. The zero-order valence-electron chi connectivity index (χ0n) is 17.5. The van der Waals surface area contributed by atoms with Gasteiger partial charge in [0.2, 0.25) is 0 Å². The summed E-state index contributed by atoms with van der Waals surface area (Å²) in [6.45, 7) is 3.91. The molecule has 1 heteroatoms. The fraction of sp³-hybridized carbons (Fsp3) is 0.667. The number of fused-ring (bicyclic) bond motifs is 1. The highest BCUT2D eigenvalue weighted by Gasteiger charge is 2.38. The molecule has 1 aromatic carbocycles. The average Bonchev–Trinajstić information content (AvgIpc) is 2.77. The Hall–Kier alpha value is -1.55. The SMILES string of the molecule is C=CCCC1CCC2CC(C3CCC(c4ccc(C#N)cc4)CC3)CCC2C1. The molecular formula is C27H37N.